The Morgan fingerprint density at radius 1 is 0.287 bits per heavy atom. The molecule has 0 radical (unpaired) electrons. The van der Waals surface area contributed by atoms with Crippen molar-refractivity contribution in [2.24, 2.45) is 0 Å². The average molecular weight is 1330 g/mol. The van der Waals surface area contributed by atoms with E-state index in [2.05, 4.69) is 49.6 Å². The van der Waals surface area contributed by atoms with Crippen molar-refractivity contribution in [2.45, 2.75) is 10.8 Å². The summed E-state index contributed by atoms with van der Waals surface area (Å²) >= 11 is 0. The molecule has 1 heterocycles. The third kappa shape index (κ3) is 10.3. The first-order valence-electron chi connectivity index (χ1n) is 32.9. The van der Waals surface area contributed by atoms with Crippen molar-refractivity contribution in [3.05, 3.63) is 407 Å². The van der Waals surface area contributed by atoms with Crippen LogP contribution >= 0.6 is 0 Å². The molecule has 2 unspecified atom stereocenters. The van der Waals surface area contributed by atoms with Crippen molar-refractivity contribution < 1.29 is 40.2 Å². The van der Waals surface area contributed by atoms with Gasteiger partial charge < -0.3 is 23.7 Å². The van der Waals surface area contributed by atoms with Gasteiger partial charge in [0.05, 0.1) is 10.8 Å². The lowest BCUT2D eigenvalue weighted by Crippen LogP contribution is -2.29. The van der Waals surface area contributed by atoms with Crippen molar-refractivity contribution >= 4 is 68.2 Å². The van der Waals surface area contributed by atoms with Crippen LogP contribution in [0.3, 0.4) is 0 Å². The van der Waals surface area contributed by atoms with E-state index < -0.39 is 45.7 Å². The number of hydrogen-bond acceptors (Lipinski definition) is 5. The number of nitrogens with zero attached hydrogens (tertiary/aromatic N) is 2. The van der Waals surface area contributed by atoms with Gasteiger partial charge in [0.25, 0.3) is 0 Å². The summed E-state index contributed by atoms with van der Waals surface area (Å²) in [4.78, 5) is 3.73. The van der Waals surface area contributed by atoms with Crippen LogP contribution in [0.2, 0.25) is 0 Å². The molecule has 0 aliphatic heterocycles. The van der Waals surface area contributed by atoms with Crippen LogP contribution in [0.25, 0.3) is 56.3 Å². The van der Waals surface area contributed by atoms with E-state index in [1.807, 2.05) is 192 Å². The van der Waals surface area contributed by atoms with Crippen molar-refractivity contribution in [1.82, 2.24) is 0 Å². The molecule has 0 saturated carbocycles. The summed E-state index contributed by atoms with van der Waals surface area (Å²) < 4.78 is 112. The molecule has 0 amide bonds. The summed E-state index contributed by atoms with van der Waals surface area (Å²) in [5, 5.41) is 1.29. The van der Waals surface area contributed by atoms with Gasteiger partial charge in [-0.25, -0.2) is 26.3 Å². The number of rotatable bonds is 16. The van der Waals surface area contributed by atoms with Crippen molar-refractivity contribution in [1.29, 1.82) is 0 Å². The lowest BCUT2D eigenvalue weighted by molar-refractivity contribution is 0.482. The Bertz CT molecular complexity index is 5420. The minimum absolute atomic E-state index is 0.307. The van der Waals surface area contributed by atoms with Crippen LogP contribution in [-0.2, 0) is 10.8 Å². The molecular formula is C90H56F6N2O3. The van der Waals surface area contributed by atoms with Crippen LogP contribution in [0.15, 0.2) is 321 Å². The van der Waals surface area contributed by atoms with Gasteiger partial charge in [0.15, 0.2) is 23.3 Å². The molecule has 11 heteroatoms. The van der Waals surface area contributed by atoms with Crippen LogP contribution in [0.1, 0.15) is 55.6 Å². The molecule has 101 heavy (non-hydrogen) atoms. The molecule has 14 aromatic carbocycles. The van der Waals surface area contributed by atoms with E-state index in [-0.39, 0.29) is 0 Å². The Morgan fingerprint density at radius 2 is 0.594 bits per heavy atom. The SMILES string of the molecule is C=Cc1ccc(Oc2ccc(C3(c4ccc(F)cc4)c4ccccc4-c4ccc(N(c5ccc(F)c(F)c5)c5ccc6oc7ccc(N(c8ccc(F)c(F)c8)c8ccc9c(c8)C(c8ccc(F)cc8)(c8ccc(Oc%10ccc(C=C)cc%10)cc8)c8ccccc8-9)cc7c6c5)cc43)cc2)cc1. The highest BCUT2D eigenvalue weighted by Gasteiger charge is 2.48. The predicted octanol–water partition coefficient (Wildman–Crippen LogP) is 25.0. The van der Waals surface area contributed by atoms with E-state index in [9.17, 15) is 0 Å². The molecule has 1 aromatic heterocycles. The van der Waals surface area contributed by atoms with E-state index in [0.717, 1.165) is 102 Å². The van der Waals surface area contributed by atoms with E-state index in [1.54, 1.807) is 36.4 Å². The van der Waals surface area contributed by atoms with Crippen LogP contribution in [-0.4, -0.2) is 0 Å². The molecular weight excluding hydrogens is 1270 g/mol. The predicted molar refractivity (Wildman–Crippen MR) is 391 cm³/mol. The third-order valence-electron chi connectivity index (χ3n) is 19.7. The fourth-order valence-corrected chi connectivity index (χ4v) is 15.1. The number of anilines is 6. The van der Waals surface area contributed by atoms with E-state index in [4.69, 9.17) is 13.9 Å². The minimum atomic E-state index is -1.06. The molecule has 0 saturated heterocycles. The second-order valence-corrected chi connectivity index (χ2v) is 25.2. The van der Waals surface area contributed by atoms with Crippen LogP contribution in [0.4, 0.5) is 60.5 Å². The standard InChI is InChI=1S/C90H56F6N2O3/c1-3-55-13-35-69(36-14-55)99-71-39-21-59(22-40-71)89(57-17-25-61(91)26-18-57)79-11-7-5-9-73(79)75-43-29-65(51-81(75)89)97(67-31-45-83(93)85(95)53-67)63-33-47-87-77(49-63)78-50-64(34-48-88(78)101-87)98(68-32-46-84(94)86(96)54-68)66-30-44-76-74-10-6-8-12-80(74)90(82(76)52-66,58-19-27-62(92)28-20-58)60-23-41-72(42-24-60)100-70-37-15-56(4-2)16-38-70/h3-54H,1-2H2. The fraction of sp³-hybridized carbons (Fsp3) is 0.0222. The second kappa shape index (κ2) is 24.6. The first kappa shape index (κ1) is 61.7. The van der Waals surface area contributed by atoms with Gasteiger partial charge in [-0.1, -0.05) is 159 Å². The Balaban J connectivity index is 0.816. The minimum Gasteiger partial charge on any atom is -0.457 e. The zero-order chi connectivity index (χ0) is 68.7. The molecule has 486 valence electrons. The summed E-state index contributed by atoms with van der Waals surface area (Å²) in [6.07, 6.45) is 3.54. The molecule has 15 aromatic rings. The number of furan rings is 1. The number of halogens is 6. The Hall–Kier alpha value is -12.9. The van der Waals surface area contributed by atoms with Crippen molar-refractivity contribution in [3.8, 4) is 45.3 Å². The fourth-order valence-electron chi connectivity index (χ4n) is 15.1. The molecule has 0 fully saturated rings. The first-order chi connectivity index (χ1) is 49.3. The van der Waals surface area contributed by atoms with Gasteiger partial charge in [0.1, 0.15) is 45.8 Å². The molecule has 5 nitrogen and oxygen atoms in total. The maximum absolute atomic E-state index is 16.0. The number of ether oxygens (including phenoxy) is 2. The van der Waals surface area contributed by atoms with Gasteiger partial charge in [-0.15, -0.1) is 0 Å². The molecule has 2 aliphatic rings. The smallest absolute Gasteiger partial charge is 0.160 e. The quantitative estimate of drug-likeness (QED) is 0.0902. The van der Waals surface area contributed by atoms with Crippen LogP contribution in [0.5, 0.6) is 23.0 Å². The van der Waals surface area contributed by atoms with Gasteiger partial charge in [-0.3, -0.25) is 0 Å². The number of fused-ring (bicyclic) bond motifs is 9. The molecule has 0 bridgehead atoms. The zero-order valence-electron chi connectivity index (χ0n) is 53.8. The van der Waals surface area contributed by atoms with Gasteiger partial charge in [-0.05, 0) is 236 Å². The normalized spacial score (nSPS) is 14.8. The van der Waals surface area contributed by atoms with Gasteiger partial charge >= 0.3 is 0 Å². The number of benzene rings is 14. The summed E-state index contributed by atoms with van der Waals surface area (Å²) in [6.45, 7) is 7.75. The molecule has 2 atom stereocenters. The average Bonchev–Trinajstić information content (AvgIpc) is 1.55. The summed E-state index contributed by atoms with van der Waals surface area (Å²) in [5.74, 6) is -2.47. The topological polar surface area (TPSA) is 38.1 Å². The summed E-state index contributed by atoms with van der Waals surface area (Å²) in [6, 6.07) is 91.3. The zero-order valence-corrected chi connectivity index (χ0v) is 53.8. The summed E-state index contributed by atoms with van der Waals surface area (Å²) in [7, 11) is 0. The van der Waals surface area contributed by atoms with Gasteiger partial charge in [0.2, 0.25) is 0 Å². The Kier molecular flexibility index (Phi) is 15.0. The molecule has 17 rings (SSSR count). The van der Waals surface area contributed by atoms with E-state index >= 15 is 26.3 Å². The van der Waals surface area contributed by atoms with Crippen LogP contribution < -0.4 is 19.3 Å². The lowest BCUT2D eigenvalue weighted by atomic mass is 9.67. The number of hydrogen-bond donors (Lipinski definition) is 0. The Labute approximate surface area is 578 Å². The van der Waals surface area contributed by atoms with E-state index in [1.165, 1.54) is 36.4 Å². The first-order valence-corrected chi connectivity index (χ1v) is 32.9. The highest BCUT2D eigenvalue weighted by molar-refractivity contribution is 6.08. The van der Waals surface area contributed by atoms with E-state index in [0.29, 0.717) is 79.1 Å². The molecule has 2 aliphatic carbocycles. The highest BCUT2D eigenvalue weighted by atomic mass is 19.2. The largest absolute Gasteiger partial charge is 0.457 e. The monoisotopic (exact) mass is 1330 g/mol. The summed E-state index contributed by atoms with van der Waals surface area (Å²) in [5.41, 5.74) is 14.4. The highest BCUT2D eigenvalue weighted by Crippen LogP contribution is 2.60. The van der Waals surface area contributed by atoms with Crippen LogP contribution in [0, 0.1) is 34.9 Å². The lowest BCUT2D eigenvalue weighted by Gasteiger charge is -2.35. The molecule has 0 spiro atoms. The molecule has 0 N–H and O–H groups in total. The maximum Gasteiger partial charge on any atom is 0.160 e. The Morgan fingerprint density at radius 3 is 0.960 bits per heavy atom. The van der Waals surface area contributed by atoms with Gasteiger partial charge in [-0.2, -0.15) is 0 Å². The third-order valence-corrected chi connectivity index (χ3v) is 19.7. The van der Waals surface area contributed by atoms with Crippen molar-refractivity contribution in [2.75, 3.05) is 9.80 Å². The second-order valence-electron chi connectivity index (χ2n) is 25.2. The van der Waals surface area contributed by atoms with Gasteiger partial charge in [0, 0.05) is 57.0 Å². The maximum atomic E-state index is 16.0. The van der Waals surface area contributed by atoms with Crippen molar-refractivity contribution in [3.63, 3.8) is 0 Å².